The Morgan fingerprint density at radius 2 is 1.05 bits per heavy atom. The minimum Gasteiger partial charge on any atom is -0.314 e. The van der Waals surface area contributed by atoms with E-state index in [1.54, 1.807) is 0 Å². The first-order valence-corrected chi connectivity index (χ1v) is 8.53. The zero-order valence-corrected chi connectivity index (χ0v) is 16.6. The van der Waals surface area contributed by atoms with E-state index in [-0.39, 0.29) is 6.04 Å². The summed E-state index contributed by atoms with van der Waals surface area (Å²) in [6, 6.07) is 0.911. The summed E-state index contributed by atoms with van der Waals surface area (Å²) in [5, 5.41) is 10.6. The Morgan fingerprint density at radius 1 is 0.636 bits per heavy atom. The van der Waals surface area contributed by atoms with Crippen molar-refractivity contribution in [2.24, 2.45) is 0 Å². The van der Waals surface area contributed by atoms with E-state index in [9.17, 15) is 5.21 Å². The molecule has 0 aliphatic heterocycles. The highest BCUT2D eigenvalue weighted by Gasteiger charge is 2.04. The third-order valence-electron chi connectivity index (χ3n) is 3.59. The quantitative estimate of drug-likeness (QED) is 0.625. The Balaban J connectivity index is 0. The Bertz CT molecular complexity index is 209. The molecule has 0 saturated carbocycles. The van der Waals surface area contributed by atoms with Gasteiger partial charge in [-0.2, -0.15) is 5.06 Å². The van der Waals surface area contributed by atoms with Crippen LogP contribution in [0.15, 0.2) is 0 Å². The van der Waals surface area contributed by atoms with Gasteiger partial charge in [0.25, 0.3) is 0 Å². The molecule has 5 nitrogen and oxygen atoms in total. The second-order valence-corrected chi connectivity index (χ2v) is 7.14. The van der Waals surface area contributed by atoms with E-state index < -0.39 is 0 Å². The summed E-state index contributed by atoms with van der Waals surface area (Å²) in [6.45, 7) is 12.6. The Hall–Kier alpha value is -0.200. The smallest absolute Gasteiger partial charge is 0.0293 e. The molecule has 0 unspecified atom stereocenters. The lowest BCUT2D eigenvalue weighted by Gasteiger charge is -2.21. The fourth-order valence-corrected chi connectivity index (χ4v) is 1.70. The SMILES string of the molecule is CC(C)N(C)CCCN(C)C.CC(C)N(O)CCCN(C)C. The van der Waals surface area contributed by atoms with Crippen LogP contribution < -0.4 is 0 Å². The molecule has 0 aliphatic carbocycles. The van der Waals surface area contributed by atoms with Gasteiger partial charge in [-0.1, -0.05) is 0 Å². The third kappa shape index (κ3) is 17.9. The first-order chi connectivity index (χ1) is 10.1. The Morgan fingerprint density at radius 3 is 1.36 bits per heavy atom. The molecule has 0 aromatic heterocycles. The van der Waals surface area contributed by atoms with Gasteiger partial charge in [-0.25, -0.2) is 0 Å². The van der Waals surface area contributed by atoms with Crippen molar-refractivity contribution in [3.8, 4) is 0 Å². The second-order valence-electron chi connectivity index (χ2n) is 7.14. The fourth-order valence-electron chi connectivity index (χ4n) is 1.70. The van der Waals surface area contributed by atoms with Crippen molar-refractivity contribution in [1.29, 1.82) is 0 Å². The minimum absolute atomic E-state index is 0.233. The van der Waals surface area contributed by atoms with Crippen LogP contribution in [0.4, 0.5) is 0 Å². The monoisotopic (exact) mass is 318 g/mol. The van der Waals surface area contributed by atoms with Gasteiger partial charge in [-0.3, -0.25) is 0 Å². The first kappa shape index (κ1) is 24.1. The molecule has 0 saturated heterocycles. The topological polar surface area (TPSA) is 33.2 Å². The molecular formula is C17H42N4O. The number of nitrogens with zero attached hydrogens (tertiary/aromatic N) is 4. The van der Waals surface area contributed by atoms with Crippen LogP contribution in [0, 0.1) is 0 Å². The van der Waals surface area contributed by atoms with Gasteiger partial charge in [0.15, 0.2) is 0 Å². The number of hydroxylamine groups is 2. The second kappa shape index (κ2) is 14.4. The van der Waals surface area contributed by atoms with Crippen LogP contribution in [0.5, 0.6) is 0 Å². The highest BCUT2D eigenvalue weighted by atomic mass is 16.5. The van der Waals surface area contributed by atoms with Gasteiger partial charge in [0, 0.05) is 18.6 Å². The van der Waals surface area contributed by atoms with E-state index in [0.717, 1.165) is 19.5 Å². The molecule has 0 aromatic carbocycles. The molecule has 136 valence electrons. The molecule has 1 N–H and O–H groups in total. The molecule has 0 heterocycles. The van der Waals surface area contributed by atoms with Crippen LogP contribution in [-0.2, 0) is 0 Å². The average Bonchev–Trinajstić information content (AvgIpc) is 2.38. The van der Waals surface area contributed by atoms with Crippen LogP contribution in [0.25, 0.3) is 0 Å². The first-order valence-electron chi connectivity index (χ1n) is 8.53. The lowest BCUT2D eigenvalue weighted by atomic mass is 10.3. The predicted molar refractivity (Wildman–Crippen MR) is 97.7 cm³/mol. The van der Waals surface area contributed by atoms with Gasteiger partial charge in [-0.05, 0) is 95.4 Å². The highest BCUT2D eigenvalue weighted by molar-refractivity contribution is 4.57. The molecule has 0 aromatic rings. The molecule has 5 heteroatoms. The van der Waals surface area contributed by atoms with Crippen molar-refractivity contribution in [3.63, 3.8) is 0 Å². The molecule has 22 heavy (non-hydrogen) atoms. The molecule has 0 bridgehead atoms. The summed E-state index contributed by atoms with van der Waals surface area (Å²) in [5.41, 5.74) is 0. The summed E-state index contributed by atoms with van der Waals surface area (Å²) >= 11 is 0. The van der Waals surface area contributed by atoms with Gasteiger partial charge in [0.2, 0.25) is 0 Å². The van der Waals surface area contributed by atoms with Crippen molar-refractivity contribution in [2.75, 3.05) is 61.4 Å². The molecule has 0 rings (SSSR count). The normalized spacial score (nSPS) is 12.0. The van der Waals surface area contributed by atoms with Crippen molar-refractivity contribution < 1.29 is 5.21 Å². The Labute approximate surface area is 139 Å². The van der Waals surface area contributed by atoms with E-state index in [4.69, 9.17) is 0 Å². The van der Waals surface area contributed by atoms with Crippen LogP contribution in [-0.4, -0.2) is 98.5 Å². The summed E-state index contributed by atoms with van der Waals surface area (Å²) < 4.78 is 0. The molecule has 0 radical (unpaired) electrons. The summed E-state index contributed by atoms with van der Waals surface area (Å²) in [4.78, 5) is 6.73. The summed E-state index contributed by atoms with van der Waals surface area (Å²) in [6.07, 6.45) is 2.28. The standard InChI is InChI=1S/C9H22N2.C8H20N2O/c1-9(2)11(5)8-6-7-10(3)4;1-8(2)10(11)7-5-6-9(3)4/h9H,6-8H2,1-5H3;8,11H,5-7H2,1-4H3. The van der Waals surface area contributed by atoms with Crippen LogP contribution in [0.1, 0.15) is 40.5 Å². The van der Waals surface area contributed by atoms with Crippen molar-refractivity contribution in [3.05, 3.63) is 0 Å². The molecule has 0 aliphatic rings. The minimum atomic E-state index is 0.233. The predicted octanol–water partition coefficient (Wildman–Crippen LogP) is 2.32. The molecular weight excluding hydrogens is 276 g/mol. The fraction of sp³-hybridized carbons (Fsp3) is 1.00. The van der Waals surface area contributed by atoms with E-state index in [0.29, 0.717) is 6.04 Å². The highest BCUT2D eigenvalue weighted by Crippen LogP contribution is 1.95. The Kier molecular flexibility index (Phi) is 15.7. The maximum absolute atomic E-state index is 9.25. The van der Waals surface area contributed by atoms with E-state index >= 15 is 0 Å². The van der Waals surface area contributed by atoms with Gasteiger partial charge in [0.05, 0.1) is 0 Å². The number of hydrogen-bond acceptors (Lipinski definition) is 5. The molecule has 0 spiro atoms. The van der Waals surface area contributed by atoms with Gasteiger partial charge in [0.1, 0.15) is 0 Å². The van der Waals surface area contributed by atoms with Crippen molar-refractivity contribution >= 4 is 0 Å². The third-order valence-corrected chi connectivity index (χ3v) is 3.59. The van der Waals surface area contributed by atoms with E-state index in [1.165, 1.54) is 24.6 Å². The molecule has 0 atom stereocenters. The largest absolute Gasteiger partial charge is 0.314 e. The van der Waals surface area contributed by atoms with Gasteiger partial charge >= 0.3 is 0 Å². The summed E-state index contributed by atoms with van der Waals surface area (Å²) in [5.74, 6) is 0. The van der Waals surface area contributed by atoms with E-state index in [2.05, 4.69) is 49.7 Å². The van der Waals surface area contributed by atoms with Crippen LogP contribution >= 0.6 is 0 Å². The van der Waals surface area contributed by atoms with Crippen molar-refractivity contribution in [2.45, 2.75) is 52.6 Å². The van der Waals surface area contributed by atoms with E-state index in [1.807, 2.05) is 27.9 Å². The van der Waals surface area contributed by atoms with Crippen LogP contribution in [0.3, 0.4) is 0 Å². The summed E-state index contributed by atoms with van der Waals surface area (Å²) in [7, 11) is 10.5. The molecule has 0 amide bonds. The van der Waals surface area contributed by atoms with Gasteiger partial charge in [-0.15, -0.1) is 0 Å². The lowest BCUT2D eigenvalue weighted by molar-refractivity contribution is -0.117. The zero-order valence-electron chi connectivity index (χ0n) is 16.6. The van der Waals surface area contributed by atoms with Crippen LogP contribution in [0.2, 0.25) is 0 Å². The maximum Gasteiger partial charge on any atom is 0.0293 e. The lowest BCUT2D eigenvalue weighted by Crippen LogP contribution is -2.29. The zero-order chi connectivity index (χ0) is 17.7. The molecule has 0 fully saturated rings. The van der Waals surface area contributed by atoms with Gasteiger partial charge < -0.3 is 19.9 Å². The number of rotatable bonds is 10. The number of hydrogen-bond donors (Lipinski definition) is 1. The van der Waals surface area contributed by atoms with Crippen molar-refractivity contribution in [1.82, 2.24) is 19.8 Å². The average molecular weight is 319 g/mol. The maximum atomic E-state index is 9.25.